The zero-order chi connectivity index (χ0) is 11.1. The van der Waals surface area contributed by atoms with Crippen LogP contribution in [-0.2, 0) is 4.79 Å². The molecule has 4 heteroatoms. The zero-order valence-electron chi connectivity index (χ0n) is 9.54. The van der Waals surface area contributed by atoms with Crippen molar-refractivity contribution in [3.05, 3.63) is 0 Å². The summed E-state index contributed by atoms with van der Waals surface area (Å²) >= 11 is 0. The van der Waals surface area contributed by atoms with E-state index in [4.69, 9.17) is 5.11 Å². The van der Waals surface area contributed by atoms with E-state index in [1.54, 1.807) is 0 Å². The molecular weight excluding hydrogens is 192 g/mol. The first-order chi connectivity index (χ1) is 7.26. The van der Waals surface area contributed by atoms with Gasteiger partial charge in [-0.3, -0.25) is 9.69 Å². The fraction of sp³-hybridized carbons (Fsp3) is 0.909. The Morgan fingerprint density at radius 3 is 3.00 bits per heavy atom. The lowest BCUT2D eigenvalue weighted by atomic mass is 10.1. The van der Waals surface area contributed by atoms with Gasteiger partial charge in [0.25, 0.3) is 0 Å². The highest BCUT2D eigenvalue weighted by atomic mass is 16.3. The summed E-state index contributed by atoms with van der Waals surface area (Å²) < 4.78 is 0. The molecule has 1 aliphatic heterocycles. The Balaban J connectivity index is 2.10. The van der Waals surface area contributed by atoms with Crippen LogP contribution in [0.5, 0.6) is 0 Å². The molecule has 88 valence electrons. The highest BCUT2D eigenvalue weighted by Crippen LogP contribution is 2.14. The first-order valence-corrected chi connectivity index (χ1v) is 5.86. The maximum atomic E-state index is 11.5. The molecule has 1 amide bonds. The van der Waals surface area contributed by atoms with Gasteiger partial charge in [0.1, 0.15) is 0 Å². The predicted molar refractivity (Wildman–Crippen MR) is 59.6 cm³/mol. The normalized spacial score (nSPS) is 21.9. The van der Waals surface area contributed by atoms with Crippen LogP contribution in [0.4, 0.5) is 0 Å². The van der Waals surface area contributed by atoms with Crippen molar-refractivity contribution >= 4 is 5.91 Å². The number of unbranched alkanes of at least 4 members (excludes halogenated alkanes) is 1. The minimum atomic E-state index is 0.113. The summed E-state index contributed by atoms with van der Waals surface area (Å²) in [6.45, 7) is 5.42. The second kappa shape index (κ2) is 6.80. The molecule has 0 aromatic carbocycles. The van der Waals surface area contributed by atoms with Crippen molar-refractivity contribution in [2.45, 2.75) is 26.2 Å². The fourth-order valence-electron chi connectivity index (χ4n) is 1.87. The molecular formula is C11H22N2O2. The van der Waals surface area contributed by atoms with Crippen LogP contribution >= 0.6 is 0 Å². The van der Waals surface area contributed by atoms with Crippen molar-refractivity contribution in [1.29, 1.82) is 0 Å². The first kappa shape index (κ1) is 12.5. The van der Waals surface area contributed by atoms with Gasteiger partial charge in [0.2, 0.25) is 5.91 Å². The van der Waals surface area contributed by atoms with Gasteiger partial charge in [-0.2, -0.15) is 0 Å². The summed E-state index contributed by atoms with van der Waals surface area (Å²) in [5, 5.41) is 11.9. The lowest BCUT2D eigenvalue weighted by Gasteiger charge is -2.14. The van der Waals surface area contributed by atoms with Crippen LogP contribution < -0.4 is 5.32 Å². The second-order valence-electron chi connectivity index (χ2n) is 4.28. The molecule has 0 saturated carbocycles. The van der Waals surface area contributed by atoms with Crippen LogP contribution in [0.15, 0.2) is 0 Å². The quantitative estimate of drug-likeness (QED) is 0.622. The maximum absolute atomic E-state index is 11.5. The Labute approximate surface area is 91.6 Å². The van der Waals surface area contributed by atoms with Crippen LogP contribution in [0.3, 0.4) is 0 Å². The Bertz CT molecular complexity index is 197. The van der Waals surface area contributed by atoms with Crippen molar-refractivity contribution in [3.63, 3.8) is 0 Å². The number of amides is 1. The fourth-order valence-corrected chi connectivity index (χ4v) is 1.87. The molecule has 1 saturated heterocycles. The third kappa shape index (κ3) is 4.62. The van der Waals surface area contributed by atoms with Gasteiger partial charge in [-0.15, -0.1) is 0 Å². The van der Waals surface area contributed by atoms with Gasteiger partial charge >= 0.3 is 0 Å². The van der Waals surface area contributed by atoms with E-state index < -0.39 is 0 Å². The molecule has 0 unspecified atom stereocenters. The van der Waals surface area contributed by atoms with Crippen molar-refractivity contribution < 1.29 is 9.90 Å². The molecule has 0 aliphatic carbocycles. The molecule has 4 nitrogen and oxygen atoms in total. The lowest BCUT2D eigenvalue weighted by Crippen LogP contribution is -2.36. The molecule has 2 N–H and O–H groups in total. The topological polar surface area (TPSA) is 52.6 Å². The number of likely N-dealkylation sites (tertiary alicyclic amines) is 1. The minimum absolute atomic E-state index is 0.113. The first-order valence-electron chi connectivity index (χ1n) is 5.86. The van der Waals surface area contributed by atoms with E-state index in [2.05, 4.69) is 17.1 Å². The number of carbonyl (C=O) groups is 1. The number of rotatable bonds is 6. The summed E-state index contributed by atoms with van der Waals surface area (Å²) in [5.41, 5.74) is 0. The number of aliphatic hydroxyl groups excluding tert-OH is 1. The Kier molecular flexibility index (Phi) is 5.65. The number of hydrogen-bond acceptors (Lipinski definition) is 3. The van der Waals surface area contributed by atoms with E-state index in [0.29, 0.717) is 12.5 Å². The maximum Gasteiger partial charge on any atom is 0.234 e. The standard InChI is InChI=1S/C11H22N2O2/c1-2-3-5-12-11(15)8-13-6-4-10(7-13)9-14/h10,14H,2-9H2,1H3,(H,12,15)/t10-/m1/s1. The number of aliphatic hydroxyl groups is 1. The molecule has 0 radical (unpaired) electrons. The van der Waals surface area contributed by atoms with Crippen LogP contribution in [0.2, 0.25) is 0 Å². The van der Waals surface area contributed by atoms with Crippen molar-refractivity contribution in [1.82, 2.24) is 10.2 Å². The summed E-state index contributed by atoms with van der Waals surface area (Å²) in [7, 11) is 0. The van der Waals surface area contributed by atoms with Crippen LogP contribution in [0, 0.1) is 5.92 Å². The summed E-state index contributed by atoms with van der Waals surface area (Å²) in [6, 6.07) is 0. The molecule has 0 aromatic heterocycles. The zero-order valence-corrected chi connectivity index (χ0v) is 9.54. The number of hydrogen-bond donors (Lipinski definition) is 2. The Morgan fingerprint density at radius 2 is 2.40 bits per heavy atom. The lowest BCUT2D eigenvalue weighted by molar-refractivity contribution is -0.122. The van der Waals surface area contributed by atoms with Gasteiger partial charge < -0.3 is 10.4 Å². The van der Waals surface area contributed by atoms with Gasteiger partial charge in [-0.25, -0.2) is 0 Å². The van der Waals surface area contributed by atoms with Crippen molar-refractivity contribution in [2.24, 2.45) is 5.92 Å². The largest absolute Gasteiger partial charge is 0.396 e. The highest BCUT2D eigenvalue weighted by molar-refractivity contribution is 5.77. The minimum Gasteiger partial charge on any atom is -0.396 e. The van der Waals surface area contributed by atoms with E-state index in [9.17, 15) is 4.79 Å². The van der Waals surface area contributed by atoms with Gasteiger partial charge in [0, 0.05) is 19.7 Å². The SMILES string of the molecule is CCCCNC(=O)CN1CC[C@@H](CO)C1. The van der Waals surface area contributed by atoms with Gasteiger partial charge in [0.05, 0.1) is 6.54 Å². The summed E-state index contributed by atoms with van der Waals surface area (Å²) in [5.74, 6) is 0.482. The second-order valence-corrected chi connectivity index (χ2v) is 4.28. The van der Waals surface area contributed by atoms with Crippen molar-refractivity contribution in [2.75, 3.05) is 32.8 Å². The molecule has 1 atom stereocenters. The molecule has 15 heavy (non-hydrogen) atoms. The molecule has 1 rings (SSSR count). The average Bonchev–Trinajstić information content (AvgIpc) is 2.66. The molecule has 1 fully saturated rings. The Hall–Kier alpha value is -0.610. The predicted octanol–water partition coefficient (Wildman–Crippen LogP) is 0.217. The van der Waals surface area contributed by atoms with Crippen LogP contribution in [0.1, 0.15) is 26.2 Å². The van der Waals surface area contributed by atoms with E-state index in [0.717, 1.165) is 38.9 Å². The molecule has 1 aliphatic rings. The van der Waals surface area contributed by atoms with E-state index in [1.807, 2.05) is 0 Å². The third-order valence-corrected chi connectivity index (χ3v) is 2.85. The number of carbonyl (C=O) groups excluding carboxylic acids is 1. The van der Waals surface area contributed by atoms with Crippen LogP contribution in [0.25, 0.3) is 0 Å². The molecule has 0 bridgehead atoms. The van der Waals surface area contributed by atoms with Gasteiger partial charge in [-0.05, 0) is 25.3 Å². The number of nitrogens with one attached hydrogen (secondary N) is 1. The van der Waals surface area contributed by atoms with Crippen molar-refractivity contribution in [3.8, 4) is 0 Å². The van der Waals surface area contributed by atoms with E-state index >= 15 is 0 Å². The number of nitrogens with zero attached hydrogens (tertiary/aromatic N) is 1. The molecule has 0 aromatic rings. The van der Waals surface area contributed by atoms with Crippen LogP contribution in [-0.4, -0.2) is 48.7 Å². The average molecular weight is 214 g/mol. The van der Waals surface area contributed by atoms with E-state index in [-0.39, 0.29) is 12.5 Å². The summed E-state index contributed by atoms with van der Waals surface area (Å²) in [4.78, 5) is 13.6. The summed E-state index contributed by atoms with van der Waals surface area (Å²) in [6.07, 6.45) is 3.17. The van der Waals surface area contributed by atoms with Gasteiger partial charge in [0.15, 0.2) is 0 Å². The highest BCUT2D eigenvalue weighted by Gasteiger charge is 2.22. The monoisotopic (exact) mass is 214 g/mol. The smallest absolute Gasteiger partial charge is 0.234 e. The third-order valence-electron chi connectivity index (χ3n) is 2.85. The molecule has 1 heterocycles. The van der Waals surface area contributed by atoms with E-state index in [1.165, 1.54) is 0 Å². The Morgan fingerprint density at radius 1 is 1.60 bits per heavy atom. The molecule has 0 spiro atoms. The van der Waals surface area contributed by atoms with Gasteiger partial charge in [-0.1, -0.05) is 13.3 Å².